The molecule has 0 aliphatic carbocycles. The molecule has 1 heterocycles. The van der Waals surface area contributed by atoms with Gasteiger partial charge in [0.25, 0.3) is 0 Å². The average Bonchev–Trinajstić information content (AvgIpc) is 2.76. The van der Waals surface area contributed by atoms with Gasteiger partial charge in [-0.15, -0.1) is 0 Å². The fourth-order valence-corrected chi connectivity index (χ4v) is 2.99. The Balaban J connectivity index is 2.10. The number of anilines is 1. The Labute approximate surface area is 131 Å². The standard InChI is InChI=1S/C13H14BrCl2N3/c1-8(2)19-4-3-10(18-19)7-17-13-11(15)5-9(14)6-12(13)16/h3-6,8,17H,7H2,1-2H3. The maximum absolute atomic E-state index is 6.15. The van der Waals surface area contributed by atoms with Crippen molar-refractivity contribution in [3.63, 3.8) is 0 Å². The Bertz CT molecular complexity index is 558. The smallest absolute Gasteiger partial charge is 0.0815 e. The lowest BCUT2D eigenvalue weighted by Gasteiger charge is -2.10. The second kappa shape index (κ2) is 6.16. The number of halogens is 3. The van der Waals surface area contributed by atoms with Crippen LogP contribution in [-0.4, -0.2) is 9.78 Å². The number of benzene rings is 1. The highest BCUT2D eigenvalue weighted by Gasteiger charge is 2.08. The lowest BCUT2D eigenvalue weighted by Crippen LogP contribution is -2.05. The zero-order chi connectivity index (χ0) is 14.0. The van der Waals surface area contributed by atoms with Gasteiger partial charge >= 0.3 is 0 Å². The van der Waals surface area contributed by atoms with Gasteiger partial charge < -0.3 is 5.32 Å². The normalized spacial score (nSPS) is 11.1. The van der Waals surface area contributed by atoms with E-state index in [0.717, 1.165) is 15.9 Å². The molecule has 0 fully saturated rings. The number of rotatable bonds is 4. The Morgan fingerprint density at radius 3 is 2.47 bits per heavy atom. The molecule has 0 bridgehead atoms. The third kappa shape index (κ3) is 3.65. The summed E-state index contributed by atoms with van der Waals surface area (Å²) in [6.07, 6.45) is 1.96. The van der Waals surface area contributed by atoms with E-state index in [2.05, 4.69) is 40.2 Å². The van der Waals surface area contributed by atoms with Gasteiger partial charge in [0.15, 0.2) is 0 Å². The van der Waals surface area contributed by atoms with Crippen molar-refractivity contribution in [2.24, 2.45) is 0 Å². The van der Waals surface area contributed by atoms with E-state index in [4.69, 9.17) is 23.2 Å². The van der Waals surface area contributed by atoms with Crippen molar-refractivity contribution < 1.29 is 0 Å². The molecule has 3 nitrogen and oxygen atoms in total. The van der Waals surface area contributed by atoms with Gasteiger partial charge in [-0.1, -0.05) is 39.1 Å². The van der Waals surface area contributed by atoms with E-state index < -0.39 is 0 Å². The van der Waals surface area contributed by atoms with Gasteiger partial charge in [-0.2, -0.15) is 5.10 Å². The molecule has 102 valence electrons. The number of hydrogen-bond acceptors (Lipinski definition) is 2. The SMILES string of the molecule is CC(C)n1ccc(CNc2c(Cl)cc(Br)cc2Cl)n1. The topological polar surface area (TPSA) is 29.9 Å². The highest BCUT2D eigenvalue weighted by atomic mass is 79.9. The molecule has 0 aliphatic rings. The van der Waals surface area contributed by atoms with Crippen LogP contribution in [0.2, 0.25) is 10.0 Å². The summed E-state index contributed by atoms with van der Waals surface area (Å²) in [6, 6.07) is 5.95. The van der Waals surface area contributed by atoms with Crippen molar-refractivity contribution >= 4 is 44.8 Å². The first-order valence-corrected chi connectivity index (χ1v) is 7.44. The van der Waals surface area contributed by atoms with Crippen molar-refractivity contribution in [3.05, 3.63) is 44.6 Å². The van der Waals surface area contributed by atoms with E-state index in [-0.39, 0.29) is 0 Å². The summed E-state index contributed by atoms with van der Waals surface area (Å²) in [5.74, 6) is 0. The number of aromatic nitrogens is 2. The molecule has 0 aliphatic heterocycles. The third-order valence-corrected chi connectivity index (χ3v) is 3.70. The van der Waals surface area contributed by atoms with Crippen molar-refractivity contribution in [1.29, 1.82) is 0 Å². The van der Waals surface area contributed by atoms with Crippen molar-refractivity contribution in [1.82, 2.24) is 9.78 Å². The summed E-state index contributed by atoms with van der Waals surface area (Å²) in [7, 11) is 0. The van der Waals surface area contributed by atoms with E-state index >= 15 is 0 Å². The minimum absolute atomic E-state index is 0.355. The van der Waals surface area contributed by atoms with Crippen LogP contribution in [0.3, 0.4) is 0 Å². The first-order valence-electron chi connectivity index (χ1n) is 5.90. The second-order valence-electron chi connectivity index (χ2n) is 4.48. The van der Waals surface area contributed by atoms with Gasteiger partial charge in [-0.3, -0.25) is 4.68 Å². The molecule has 0 unspecified atom stereocenters. The van der Waals surface area contributed by atoms with Crippen LogP contribution in [0, 0.1) is 0 Å². The quantitative estimate of drug-likeness (QED) is 0.815. The van der Waals surface area contributed by atoms with Gasteiger partial charge in [0, 0.05) is 16.7 Å². The Hall–Kier alpha value is -0.710. The molecule has 2 rings (SSSR count). The minimum atomic E-state index is 0.355. The van der Waals surface area contributed by atoms with Crippen LogP contribution in [-0.2, 0) is 6.54 Å². The molecule has 0 amide bonds. The largest absolute Gasteiger partial charge is 0.377 e. The van der Waals surface area contributed by atoms with Gasteiger partial charge in [0.2, 0.25) is 0 Å². The second-order valence-corrected chi connectivity index (χ2v) is 6.21. The molecule has 1 aromatic carbocycles. The highest BCUT2D eigenvalue weighted by Crippen LogP contribution is 2.33. The van der Waals surface area contributed by atoms with Crippen molar-refractivity contribution in [2.75, 3.05) is 5.32 Å². The van der Waals surface area contributed by atoms with E-state index in [1.807, 2.05) is 29.1 Å². The molecule has 1 N–H and O–H groups in total. The molecular weight excluding hydrogens is 349 g/mol. The summed E-state index contributed by atoms with van der Waals surface area (Å²) in [4.78, 5) is 0. The number of hydrogen-bond donors (Lipinski definition) is 1. The number of nitrogens with zero attached hydrogens (tertiary/aromatic N) is 2. The molecule has 0 saturated heterocycles. The molecule has 0 saturated carbocycles. The maximum atomic E-state index is 6.15. The predicted molar refractivity (Wildman–Crippen MR) is 84.1 cm³/mol. The predicted octanol–water partition coefficient (Wildman–Crippen LogP) is 5.15. The van der Waals surface area contributed by atoms with Crippen LogP contribution >= 0.6 is 39.1 Å². The van der Waals surface area contributed by atoms with Crippen LogP contribution in [0.15, 0.2) is 28.9 Å². The lowest BCUT2D eigenvalue weighted by atomic mass is 10.3. The highest BCUT2D eigenvalue weighted by molar-refractivity contribution is 9.10. The van der Waals surface area contributed by atoms with E-state index in [0.29, 0.717) is 22.6 Å². The Morgan fingerprint density at radius 2 is 1.95 bits per heavy atom. The zero-order valence-corrected chi connectivity index (χ0v) is 13.7. The molecule has 6 heteroatoms. The molecule has 19 heavy (non-hydrogen) atoms. The zero-order valence-electron chi connectivity index (χ0n) is 10.6. The van der Waals surface area contributed by atoms with E-state index in [1.54, 1.807) is 0 Å². The number of nitrogens with one attached hydrogen (secondary N) is 1. The molecule has 2 aromatic rings. The lowest BCUT2D eigenvalue weighted by molar-refractivity contribution is 0.527. The molecule has 0 radical (unpaired) electrons. The molecule has 0 spiro atoms. The van der Waals surface area contributed by atoms with Crippen molar-refractivity contribution in [3.8, 4) is 0 Å². The summed E-state index contributed by atoms with van der Waals surface area (Å²) in [5, 5.41) is 8.85. The van der Waals surface area contributed by atoms with Crippen molar-refractivity contribution in [2.45, 2.75) is 26.4 Å². The van der Waals surface area contributed by atoms with Crippen LogP contribution in [0.1, 0.15) is 25.6 Å². The Morgan fingerprint density at radius 1 is 1.32 bits per heavy atom. The first kappa shape index (κ1) is 14.7. The van der Waals surface area contributed by atoms with Crippen LogP contribution in [0.25, 0.3) is 0 Å². The Kier molecular flexibility index (Phi) is 4.76. The molecule has 0 atom stereocenters. The van der Waals surface area contributed by atoms with Gasteiger partial charge in [0.05, 0.1) is 28.0 Å². The van der Waals surface area contributed by atoms with E-state index in [9.17, 15) is 0 Å². The maximum Gasteiger partial charge on any atom is 0.0815 e. The van der Waals surface area contributed by atoms with Gasteiger partial charge in [0.1, 0.15) is 0 Å². The fourth-order valence-electron chi connectivity index (χ4n) is 1.65. The fraction of sp³-hybridized carbons (Fsp3) is 0.308. The minimum Gasteiger partial charge on any atom is -0.377 e. The summed E-state index contributed by atoms with van der Waals surface area (Å²) in [5.41, 5.74) is 1.68. The van der Waals surface area contributed by atoms with Crippen LogP contribution < -0.4 is 5.32 Å². The first-order chi connectivity index (χ1) is 8.97. The summed E-state index contributed by atoms with van der Waals surface area (Å²) >= 11 is 15.7. The molecule has 1 aromatic heterocycles. The van der Waals surface area contributed by atoms with Crippen LogP contribution in [0.5, 0.6) is 0 Å². The van der Waals surface area contributed by atoms with Gasteiger partial charge in [-0.05, 0) is 32.0 Å². The van der Waals surface area contributed by atoms with E-state index in [1.165, 1.54) is 0 Å². The van der Waals surface area contributed by atoms with Crippen LogP contribution in [0.4, 0.5) is 5.69 Å². The third-order valence-electron chi connectivity index (χ3n) is 2.65. The van der Waals surface area contributed by atoms with Gasteiger partial charge in [-0.25, -0.2) is 0 Å². The summed E-state index contributed by atoms with van der Waals surface area (Å²) in [6.45, 7) is 4.76. The monoisotopic (exact) mass is 361 g/mol. The average molecular weight is 363 g/mol. The summed E-state index contributed by atoms with van der Waals surface area (Å²) < 4.78 is 2.78. The molecular formula is C13H14BrCl2N3.